The zero-order chi connectivity index (χ0) is 26.3. The molecule has 0 spiro atoms. The van der Waals surface area contributed by atoms with Crippen LogP contribution in [0.15, 0.2) is 18.2 Å². The number of hydrogen-bond donors (Lipinski definition) is 1. The van der Waals surface area contributed by atoms with E-state index in [9.17, 15) is 18.3 Å². The molecule has 200 valence electrons. The number of anilines is 1. The van der Waals surface area contributed by atoms with Crippen molar-refractivity contribution in [3.05, 3.63) is 23.8 Å². The number of carbonyl (C=O) groups excluding carboxylic acids is 1. The van der Waals surface area contributed by atoms with Gasteiger partial charge in [0.15, 0.2) is 0 Å². The molecule has 0 unspecified atom stereocenters. The predicted molar refractivity (Wildman–Crippen MR) is 139 cm³/mol. The molecule has 0 saturated heterocycles. The van der Waals surface area contributed by atoms with Crippen molar-refractivity contribution < 1.29 is 27.8 Å². The molecule has 1 aromatic carbocycles. The lowest BCUT2D eigenvalue weighted by atomic mass is 10.0. The first-order valence-corrected chi connectivity index (χ1v) is 14.1. The normalized spacial score (nSPS) is 23.9. The Bertz CT molecular complexity index is 939. The van der Waals surface area contributed by atoms with Crippen LogP contribution >= 0.6 is 0 Å². The lowest BCUT2D eigenvalue weighted by molar-refractivity contribution is -0.00828. The highest BCUT2D eigenvalue weighted by atomic mass is 32.2. The SMILES string of the molecule is C[C@H]1CCCCO[C@H](CN(C)S(C)(=O)=O)[C@@H](C)CN([C@@H](C)CO)C(=O)c2cc(N(C)C)ccc2O1. The number of aliphatic hydroxyl groups is 1. The number of aliphatic hydroxyl groups excluding tert-OH is 1. The smallest absolute Gasteiger partial charge is 0.258 e. The molecular weight excluding hydrogens is 470 g/mol. The molecule has 0 saturated carbocycles. The van der Waals surface area contributed by atoms with Gasteiger partial charge in [0.2, 0.25) is 10.0 Å². The van der Waals surface area contributed by atoms with Gasteiger partial charge in [-0.2, -0.15) is 0 Å². The zero-order valence-corrected chi connectivity index (χ0v) is 23.0. The Morgan fingerprint density at radius 3 is 2.49 bits per heavy atom. The summed E-state index contributed by atoms with van der Waals surface area (Å²) in [7, 11) is 1.98. The molecule has 1 aliphatic heterocycles. The first-order chi connectivity index (χ1) is 16.3. The molecule has 1 aromatic rings. The molecule has 1 heterocycles. The Kier molecular flexibility index (Phi) is 10.8. The number of amides is 1. The number of rotatable bonds is 6. The van der Waals surface area contributed by atoms with Crippen LogP contribution in [0.25, 0.3) is 0 Å². The van der Waals surface area contributed by atoms with E-state index >= 15 is 0 Å². The fourth-order valence-electron chi connectivity index (χ4n) is 4.04. The van der Waals surface area contributed by atoms with Crippen LogP contribution < -0.4 is 9.64 Å². The van der Waals surface area contributed by atoms with Gasteiger partial charge in [0.1, 0.15) is 5.75 Å². The molecule has 9 nitrogen and oxygen atoms in total. The summed E-state index contributed by atoms with van der Waals surface area (Å²) in [5.41, 5.74) is 1.31. The maximum absolute atomic E-state index is 13.9. The summed E-state index contributed by atoms with van der Waals surface area (Å²) in [6.45, 7) is 6.51. The highest BCUT2D eigenvalue weighted by Gasteiger charge is 2.31. The number of nitrogens with zero attached hydrogens (tertiary/aromatic N) is 3. The number of benzene rings is 1. The number of likely N-dealkylation sites (N-methyl/N-ethyl adjacent to an activating group) is 1. The summed E-state index contributed by atoms with van der Waals surface area (Å²) in [6, 6.07) is 5.14. The van der Waals surface area contributed by atoms with Gasteiger partial charge in [-0.1, -0.05) is 6.92 Å². The second-order valence-corrected chi connectivity index (χ2v) is 12.0. The Hall–Kier alpha value is -1.88. The largest absolute Gasteiger partial charge is 0.490 e. The quantitative estimate of drug-likeness (QED) is 0.624. The van der Waals surface area contributed by atoms with Gasteiger partial charge >= 0.3 is 0 Å². The van der Waals surface area contributed by atoms with Crippen LogP contribution in [0.3, 0.4) is 0 Å². The Labute approximate surface area is 211 Å². The van der Waals surface area contributed by atoms with Crippen molar-refractivity contribution >= 4 is 21.6 Å². The number of hydrogen-bond acceptors (Lipinski definition) is 7. The van der Waals surface area contributed by atoms with E-state index in [-0.39, 0.29) is 31.1 Å². The Morgan fingerprint density at radius 2 is 1.89 bits per heavy atom. The van der Waals surface area contributed by atoms with Gasteiger partial charge in [-0.15, -0.1) is 0 Å². The van der Waals surface area contributed by atoms with Crippen molar-refractivity contribution in [3.8, 4) is 5.75 Å². The fraction of sp³-hybridized carbons (Fsp3) is 0.720. The van der Waals surface area contributed by atoms with Crippen LogP contribution in [-0.4, -0.2) is 101 Å². The fourth-order valence-corrected chi connectivity index (χ4v) is 4.46. The summed E-state index contributed by atoms with van der Waals surface area (Å²) >= 11 is 0. The third-order valence-corrected chi connectivity index (χ3v) is 7.84. The van der Waals surface area contributed by atoms with E-state index in [4.69, 9.17) is 9.47 Å². The monoisotopic (exact) mass is 513 g/mol. The van der Waals surface area contributed by atoms with Gasteiger partial charge in [0.25, 0.3) is 5.91 Å². The summed E-state index contributed by atoms with van der Waals surface area (Å²) in [4.78, 5) is 17.5. The van der Waals surface area contributed by atoms with Crippen LogP contribution in [0.5, 0.6) is 5.75 Å². The standard InChI is InChI=1S/C25H43N3O6S/c1-18-15-28(19(2)17-29)25(30)22-14-21(26(4)5)11-12-23(22)34-20(3)10-8-9-13-33-24(18)16-27(6)35(7,31)32/h11-12,14,18-20,24,29H,8-10,13,15-17H2,1-7H3/t18-,19-,20-,24+/m0/s1. The third kappa shape index (κ3) is 8.34. The summed E-state index contributed by atoms with van der Waals surface area (Å²) < 4.78 is 37.8. The van der Waals surface area contributed by atoms with Crippen molar-refractivity contribution in [2.24, 2.45) is 5.92 Å². The predicted octanol–water partition coefficient (Wildman–Crippen LogP) is 2.44. The van der Waals surface area contributed by atoms with Gasteiger partial charge in [-0.3, -0.25) is 4.79 Å². The van der Waals surface area contributed by atoms with E-state index in [0.29, 0.717) is 24.5 Å². The van der Waals surface area contributed by atoms with Gasteiger partial charge in [0.05, 0.1) is 36.7 Å². The van der Waals surface area contributed by atoms with Crippen LogP contribution in [0.4, 0.5) is 5.69 Å². The molecule has 35 heavy (non-hydrogen) atoms. The molecule has 1 amide bonds. The molecule has 10 heteroatoms. The second-order valence-electron chi connectivity index (χ2n) is 9.92. The van der Waals surface area contributed by atoms with Gasteiger partial charge in [-0.25, -0.2) is 12.7 Å². The highest BCUT2D eigenvalue weighted by molar-refractivity contribution is 7.88. The topological polar surface area (TPSA) is 99.6 Å². The van der Waals surface area contributed by atoms with Crippen LogP contribution in [-0.2, 0) is 14.8 Å². The van der Waals surface area contributed by atoms with Gasteiger partial charge in [0, 0.05) is 52.4 Å². The minimum atomic E-state index is -3.38. The first-order valence-electron chi connectivity index (χ1n) is 12.3. The molecule has 2 rings (SSSR count). The lowest BCUT2D eigenvalue weighted by Gasteiger charge is -2.35. The summed E-state index contributed by atoms with van der Waals surface area (Å²) in [5, 5.41) is 9.96. The van der Waals surface area contributed by atoms with E-state index in [0.717, 1.165) is 24.9 Å². The van der Waals surface area contributed by atoms with Crippen molar-refractivity contribution in [3.63, 3.8) is 0 Å². The van der Waals surface area contributed by atoms with Crippen molar-refractivity contribution in [1.82, 2.24) is 9.21 Å². The average molecular weight is 514 g/mol. The molecular formula is C25H43N3O6S. The summed E-state index contributed by atoms with van der Waals surface area (Å²) in [6.07, 6.45) is 3.18. The lowest BCUT2D eigenvalue weighted by Crippen LogP contribution is -2.47. The van der Waals surface area contributed by atoms with E-state index in [2.05, 4.69) is 0 Å². The zero-order valence-electron chi connectivity index (χ0n) is 22.2. The maximum atomic E-state index is 13.9. The van der Waals surface area contributed by atoms with Crippen molar-refractivity contribution in [2.45, 2.75) is 58.3 Å². The third-order valence-electron chi connectivity index (χ3n) is 6.55. The first kappa shape index (κ1) is 29.4. The van der Waals surface area contributed by atoms with Crippen LogP contribution in [0.1, 0.15) is 50.4 Å². The molecule has 0 bridgehead atoms. The number of sulfonamides is 1. The molecule has 1 N–H and O–H groups in total. The van der Waals surface area contributed by atoms with Gasteiger partial charge in [-0.05, 0) is 51.3 Å². The molecule has 0 radical (unpaired) electrons. The average Bonchev–Trinajstić information content (AvgIpc) is 2.79. The molecule has 0 fully saturated rings. The van der Waals surface area contributed by atoms with E-state index in [1.54, 1.807) is 11.8 Å². The van der Waals surface area contributed by atoms with Crippen LogP contribution in [0.2, 0.25) is 0 Å². The highest BCUT2D eigenvalue weighted by Crippen LogP contribution is 2.29. The number of fused-ring (bicyclic) bond motifs is 1. The van der Waals surface area contributed by atoms with Crippen LogP contribution in [0, 0.1) is 5.92 Å². The molecule has 0 aliphatic carbocycles. The Morgan fingerprint density at radius 1 is 1.20 bits per heavy atom. The van der Waals surface area contributed by atoms with Gasteiger partial charge < -0.3 is 24.4 Å². The van der Waals surface area contributed by atoms with E-state index in [1.165, 1.54) is 17.6 Å². The molecule has 1 aliphatic rings. The number of carbonyl (C=O) groups is 1. The minimum absolute atomic E-state index is 0.0931. The van der Waals surface area contributed by atoms with E-state index in [1.807, 2.05) is 51.0 Å². The molecule has 0 aromatic heterocycles. The van der Waals surface area contributed by atoms with Crippen molar-refractivity contribution in [2.75, 3.05) is 58.6 Å². The maximum Gasteiger partial charge on any atom is 0.258 e. The minimum Gasteiger partial charge on any atom is -0.490 e. The second kappa shape index (κ2) is 12.9. The number of ether oxygens (including phenoxy) is 2. The summed E-state index contributed by atoms with van der Waals surface area (Å²) in [5.74, 6) is 0.106. The van der Waals surface area contributed by atoms with Crippen molar-refractivity contribution in [1.29, 1.82) is 0 Å². The Balaban J connectivity index is 2.49. The van der Waals surface area contributed by atoms with E-state index < -0.39 is 22.2 Å². The molecule has 4 atom stereocenters.